The third kappa shape index (κ3) is 6.64. The van der Waals surface area contributed by atoms with E-state index in [0.717, 1.165) is 9.99 Å². The van der Waals surface area contributed by atoms with E-state index in [9.17, 15) is 14.7 Å². The summed E-state index contributed by atoms with van der Waals surface area (Å²) >= 11 is 2.17. The molecule has 0 spiro atoms. The van der Waals surface area contributed by atoms with Gasteiger partial charge in [-0.2, -0.15) is 0 Å². The van der Waals surface area contributed by atoms with Crippen LogP contribution < -0.4 is 5.32 Å². The summed E-state index contributed by atoms with van der Waals surface area (Å²) in [6.45, 7) is 5.37. The minimum Gasteiger partial charge on any atom is -0.481 e. The second-order valence-corrected chi connectivity index (χ2v) is 7.08. The number of carbonyl (C=O) groups is 2. The summed E-state index contributed by atoms with van der Waals surface area (Å²) < 4.78 is 6.00. The molecule has 0 fully saturated rings. The number of ether oxygens (including phenoxy) is 1. The van der Waals surface area contributed by atoms with Gasteiger partial charge in [-0.3, -0.25) is 10.1 Å². The first-order valence-corrected chi connectivity index (χ1v) is 8.62. The minimum atomic E-state index is -0.816. The van der Waals surface area contributed by atoms with Crippen molar-refractivity contribution in [1.29, 1.82) is 0 Å². The summed E-state index contributed by atoms with van der Waals surface area (Å²) in [7, 11) is 0. The SMILES string of the molecule is CC(C)(C)OC(=O)Nc1ccccc1C[C@@H](CCI)C(=O)O. The lowest BCUT2D eigenvalue weighted by atomic mass is 9.96. The maximum Gasteiger partial charge on any atom is 0.412 e. The highest BCUT2D eigenvalue weighted by atomic mass is 127. The van der Waals surface area contributed by atoms with Crippen LogP contribution >= 0.6 is 22.6 Å². The van der Waals surface area contributed by atoms with Gasteiger partial charge in [-0.25, -0.2) is 4.79 Å². The number of amides is 1. The average Bonchev–Trinajstić information content (AvgIpc) is 2.37. The molecule has 0 bridgehead atoms. The lowest BCUT2D eigenvalue weighted by Crippen LogP contribution is -2.27. The number of halogens is 1. The molecule has 0 heterocycles. The van der Waals surface area contributed by atoms with Gasteiger partial charge < -0.3 is 9.84 Å². The van der Waals surface area contributed by atoms with E-state index >= 15 is 0 Å². The molecule has 5 nitrogen and oxygen atoms in total. The molecule has 0 unspecified atom stereocenters. The minimum absolute atomic E-state index is 0.379. The highest BCUT2D eigenvalue weighted by Gasteiger charge is 2.21. The molecule has 122 valence electrons. The molecule has 1 amide bonds. The second kappa shape index (κ2) is 8.36. The van der Waals surface area contributed by atoms with Gasteiger partial charge in [0.05, 0.1) is 5.92 Å². The molecule has 0 aliphatic heterocycles. The van der Waals surface area contributed by atoms with Gasteiger partial charge in [-0.15, -0.1) is 0 Å². The van der Waals surface area contributed by atoms with Crippen molar-refractivity contribution < 1.29 is 19.4 Å². The Balaban J connectivity index is 2.85. The van der Waals surface area contributed by atoms with Crippen LogP contribution in [0.15, 0.2) is 24.3 Å². The zero-order valence-corrected chi connectivity index (χ0v) is 15.2. The number of hydrogen-bond acceptors (Lipinski definition) is 3. The fourth-order valence-corrected chi connectivity index (χ4v) is 2.70. The number of carboxylic acid groups (broad SMARTS) is 1. The first-order chi connectivity index (χ1) is 10.2. The number of hydrogen-bond donors (Lipinski definition) is 2. The van der Waals surface area contributed by atoms with Crippen molar-refractivity contribution in [3.05, 3.63) is 29.8 Å². The Morgan fingerprint density at radius 1 is 1.32 bits per heavy atom. The summed E-state index contributed by atoms with van der Waals surface area (Å²) in [6, 6.07) is 7.21. The fourth-order valence-electron chi connectivity index (χ4n) is 1.94. The number of aliphatic carboxylic acids is 1. The van der Waals surface area contributed by atoms with Crippen molar-refractivity contribution >= 4 is 40.3 Å². The summed E-state index contributed by atoms with van der Waals surface area (Å²) in [5.41, 5.74) is 0.811. The maximum atomic E-state index is 11.9. The topological polar surface area (TPSA) is 75.6 Å². The van der Waals surface area contributed by atoms with E-state index in [2.05, 4.69) is 27.9 Å². The maximum absolute atomic E-state index is 11.9. The average molecular weight is 419 g/mol. The third-order valence-corrected chi connectivity index (χ3v) is 3.55. The number of carboxylic acids is 1. The van der Waals surface area contributed by atoms with E-state index in [4.69, 9.17) is 4.74 Å². The van der Waals surface area contributed by atoms with Gasteiger partial charge in [0, 0.05) is 10.1 Å². The van der Waals surface area contributed by atoms with Gasteiger partial charge in [0.2, 0.25) is 0 Å². The van der Waals surface area contributed by atoms with Crippen molar-refractivity contribution in [3.63, 3.8) is 0 Å². The number of alkyl halides is 1. The predicted molar refractivity (Wildman–Crippen MR) is 94.6 cm³/mol. The first-order valence-electron chi connectivity index (χ1n) is 7.09. The Hall–Kier alpha value is -1.31. The van der Waals surface area contributed by atoms with E-state index in [-0.39, 0.29) is 0 Å². The molecular weight excluding hydrogens is 397 g/mol. The highest BCUT2D eigenvalue weighted by molar-refractivity contribution is 14.1. The number of anilines is 1. The number of benzene rings is 1. The van der Waals surface area contributed by atoms with E-state index in [0.29, 0.717) is 18.5 Å². The van der Waals surface area contributed by atoms with Gasteiger partial charge in [0.1, 0.15) is 5.60 Å². The molecule has 2 N–H and O–H groups in total. The van der Waals surface area contributed by atoms with E-state index in [1.54, 1.807) is 32.9 Å². The Labute approximate surface area is 144 Å². The van der Waals surface area contributed by atoms with Crippen LogP contribution in [0.5, 0.6) is 0 Å². The number of rotatable bonds is 6. The van der Waals surface area contributed by atoms with Crippen LogP contribution in [0.1, 0.15) is 32.8 Å². The van der Waals surface area contributed by atoms with Gasteiger partial charge in [-0.1, -0.05) is 40.8 Å². The molecule has 6 heteroatoms. The van der Waals surface area contributed by atoms with Crippen LogP contribution in [0.2, 0.25) is 0 Å². The molecule has 1 atom stereocenters. The summed E-state index contributed by atoms with van der Waals surface area (Å²) in [5, 5.41) is 12.0. The lowest BCUT2D eigenvalue weighted by molar-refractivity contribution is -0.141. The Morgan fingerprint density at radius 2 is 1.95 bits per heavy atom. The van der Waals surface area contributed by atoms with Crippen LogP contribution in [0.3, 0.4) is 0 Å². The normalized spacial score (nSPS) is 12.5. The number of nitrogens with one attached hydrogen (secondary N) is 1. The number of carbonyl (C=O) groups excluding carboxylic acids is 1. The zero-order valence-electron chi connectivity index (χ0n) is 13.1. The molecule has 22 heavy (non-hydrogen) atoms. The Kier molecular flexibility index (Phi) is 7.12. The van der Waals surface area contributed by atoms with Crippen molar-refractivity contribution in [1.82, 2.24) is 0 Å². The van der Waals surface area contributed by atoms with E-state index in [1.807, 2.05) is 12.1 Å². The Morgan fingerprint density at radius 3 is 2.50 bits per heavy atom. The van der Waals surface area contributed by atoms with Crippen molar-refractivity contribution in [2.45, 2.75) is 39.2 Å². The summed E-state index contributed by atoms with van der Waals surface area (Å²) in [5.74, 6) is -1.28. The number of para-hydroxylation sites is 1. The molecule has 1 aromatic carbocycles. The van der Waals surface area contributed by atoms with Crippen molar-refractivity contribution in [2.75, 3.05) is 9.74 Å². The van der Waals surface area contributed by atoms with Crippen molar-refractivity contribution in [3.8, 4) is 0 Å². The summed E-state index contributed by atoms with van der Waals surface area (Å²) in [4.78, 5) is 23.2. The van der Waals surface area contributed by atoms with Crippen LogP contribution in [-0.2, 0) is 16.0 Å². The zero-order chi connectivity index (χ0) is 16.8. The smallest absolute Gasteiger partial charge is 0.412 e. The predicted octanol–water partition coefficient (Wildman–Crippen LogP) is 4.10. The second-order valence-electron chi connectivity index (χ2n) is 6.00. The van der Waals surface area contributed by atoms with Crippen LogP contribution in [-0.4, -0.2) is 27.2 Å². The molecule has 0 saturated carbocycles. The largest absolute Gasteiger partial charge is 0.481 e. The molecule has 0 aromatic heterocycles. The monoisotopic (exact) mass is 419 g/mol. The standard InChI is InChI=1S/C16H22INO4/c1-16(2,3)22-15(21)18-13-7-5-4-6-11(13)10-12(8-9-17)14(19)20/h4-7,12H,8-10H2,1-3H3,(H,18,21)(H,19,20)/t12-/m1/s1. The van der Waals surface area contributed by atoms with Gasteiger partial charge in [0.15, 0.2) is 0 Å². The van der Waals surface area contributed by atoms with Crippen LogP contribution in [0.4, 0.5) is 10.5 Å². The van der Waals surface area contributed by atoms with Gasteiger partial charge >= 0.3 is 12.1 Å². The molecule has 1 aromatic rings. The molecule has 0 aliphatic rings. The molecule has 0 saturated heterocycles. The van der Waals surface area contributed by atoms with E-state index < -0.39 is 23.6 Å². The van der Waals surface area contributed by atoms with Crippen LogP contribution in [0.25, 0.3) is 0 Å². The fraction of sp³-hybridized carbons (Fsp3) is 0.500. The third-order valence-electron chi connectivity index (χ3n) is 2.93. The lowest BCUT2D eigenvalue weighted by Gasteiger charge is -2.21. The molecule has 0 aliphatic carbocycles. The molecule has 1 rings (SSSR count). The highest BCUT2D eigenvalue weighted by Crippen LogP contribution is 2.22. The van der Waals surface area contributed by atoms with Crippen molar-refractivity contribution in [2.24, 2.45) is 5.92 Å². The van der Waals surface area contributed by atoms with Gasteiger partial charge in [-0.05, 0) is 45.2 Å². The quantitative estimate of drug-likeness (QED) is 0.538. The Bertz CT molecular complexity index is 525. The summed E-state index contributed by atoms with van der Waals surface area (Å²) in [6.07, 6.45) is 0.432. The van der Waals surface area contributed by atoms with Gasteiger partial charge in [0.25, 0.3) is 0 Å². The first kappa shape index (κ1) is 18.7. The van der Waals surface area contributed by atoms with E-state index in [1.165, 1.54) is 0 Å². The molecule has 0 radical (unpaired) electrons. The molecular formula is C16H22INO4. The van der Waals surface area contributed by atoms with Crippen LogP contribution in [0, 0.1) is 5.92 Å².